The molecule has 0 aliphatic heterocycles. The topological polar surface area (TPSA) is 20.2 Å². The summed E-state index contributed by atoms with van der Waals surface area (Å²) >= 11 is 2.26. The van der Waals surface area contributed by atoms with Crippen molar-refractivity contribution in [3.63, 3.8) is 0 Å². The highest BCUT2D eigenvalue weighted by molar-refractivity contribution is 9.10. The number of rotatable bonds is 2. The van der Waals surface area contributed by atoms with E-state index in [4.69, 9.17) is 0 Å². The molecule has 0 aromatic carbocycles. The maximum absolute atomic E-state index is 12.9. The molecule has 1 rings (SSSR count). The van der Waals surface area contributed by atoms with Gasteiger partial charge in [-0.1, -0.05) is 13.3 Å². The number of alkyl halides is 3. The van der Waals surface area contributed by atoms with Gasteiger partial charge >= 0.3 is 4.83 Å². The Balaban J connectivity index is 2.82. The summed E-state index contributed by atoms with van der Waals surface area (Å²) in [5.41, 5.74) is -1.82. The summed E-state index contributed by atoms with van der Waals surface area (Å²) in [5, 5.41) is 9.69. The van der Waals surface area contributed by atoms with Gasteiger partial charge in [-0.05, 0) is 41.1 Å². The van der Waals surface area contributed by atoms with Gasteiger partial charge in [0.15, 0.2) is 0 Å². The van der Waals surface area contributed by atoms with Crippen molar-refractivity contribution in [1.29, 1.82) is 0 Å². The molecule has 0 amide bonds. The van der Waals surface area contributed by atoms with Crippen molar-refractivity contribution >= 4 is 15.9 Å². The van der Waals surface area contributed by atoms with Gasteiger partial charge in [-0.3, -0.25) is 0 Å². The molecule has 12 heavy (non-hydrogen) atoms. The van der Waals surface area contributed by atoms with Gasteiger partial charge in [-0.2, -0.15) is 8.78 Å². The Hall–Kier alpha value is 0.300. The van der Waals surface area contributed by atoms with E-state index in [9.17, 15) is 13.9 Å². The quantitative estimate of drug-likeness (QED) is 0.739. The zero-order chi connectivity index (χ0) is 9.41. The van der Waals surface area contributed by atoms with E-state index in [1.165, 1.54) is 0 Å². The first kappa shape index (κ1) is 10.4. The van der Waals surface area contributed by atoms with Crippen LogP contribution in [0, 0.1) is 5.92 Å². The van der Waals surface area contributed by atoms with Crippen LogP contribution in [0.4, 0.5) is 8.78 Å². The van der Waals surface area contributed by atoms with E-state index in [0.717, 1.165) is 0 Å². The first-order valence-electron chi connectivity index (χ1n) is 4.21. The molecule has 0 radical (unpaired) electrons. The predicted octanol–water partition coefficient (Wildman–Crippen LogP) is 2.92. The summed E-state index contributed by atoms with van der Waals surface area (Å²) in [6.45, 7) is 1.83. The summed E-state index contributed by atoms with van der Waals surface area (Å²) in [5.74, 6) is -0.271. The van der Waals surface area contributed by atoms with E-state index in [2.05, 4.69) is 15.9 Å². The van der Waals surface area contributed by atoms with Gasteiger partial charge in [0.1, 0.15) is 5.60 Å². The van der Waals surface area contributed by atoms with Gasteiger partial charge in [-0.25, -0.2) is 0 Å². The molecule has 0 spiro atoms. The molecule has 2 atom stereocenters. The Labute approximate surface area is 79.3 Å². The number of hydrogen-bond acceptors (Lipinski definition) is 1. The zero-order valence-electron chi connectivity index (χ0n) is 6.99. The molecule has 72 valence electrons. The molecular formula is C8H13BrF2O. The van der Waals surface area contributed by atoms with E-state index in [1.54, 1.807) is 0 Å². The molecule has 0 bridgehead atoms. The van der Waals surface area contributed by atoms with Crippen molar-refractivity contribution in [2.24, 2.45) is 5.92 Å². The van der Waals surface area contributed by atoms with Crippen LogP contribution in [0.2, 0.25) is 0 Å². The Bertz CT molecular complexity index is 169. The van der Waals surface area contributed by atoms with Crippen molar-refractivity contribution in [3.05, 3.63) is 0 Å². The largest absolute Gasteiger partial charge is 0.382 e. The Morgan fingerprint density at radius 3 is 2.58 bits per heavy atom. The Morgan fingerprint density at radius 1 is 1.67 bits per heavy atom. The molecule has 1 aliphatic rings. The van der Waals surface area contributed by atoms with Gasteiger partial charge in [0.25, 0.3) is 0 Å². The summed E-state index contributed by atoms with van der Waals surface area (Å²) in [4.78, 5) is -3.14. The lowest BCUT2D eigenvalue weighted by atomic mass is 9.89. The monoisotopic (exact) mass is 242 g/mol. The van der Waals surface area contributed by atoms with Crippen LogP contribution in [0.1, 0.15) is 32.6 Å². The number of aliphatic hydroxyl groups is 1. The minimum Gasteiger partial charge on any atom is -0.382 e. The lowest BCUT2D eigenvalue weighted by Crippen LogP contribution is -2.46. The predicted molar refractivity (Wildman–Crippen MR) is 46.5 cm³/mol. The second-order valence-corrected chi connectivity index (χ2v) is 4.42. The molecule has 0 saturated heterocycles. The SMILES string of the molecule is CCC1CCCC1(O)C(F)(F)Br. The molecular weight excluding hydrogens is 230 g/mol. The fourth-order valence-corrected chi connectivity index (χ4v) is 2.50. The first-order valence-corrected chi connectivity index (χ1v) is 5.00. The lowest BCUT2D eigenvalue weighted by molar-refractivity contribution is -0.137. The second kappa shape index (κ2) is 3.22. The zero-order valence-corrected chi connectivity index (χ0v) is 8.57. The molecule has 2 unspecified atom stereocenters. The van der Waals surface area contributed by atoms with Gasteiger partial charge in [0.2, 0.25) is 0 Å². The Morgan fingerprint density at radius 2 is 2.25 bits per heavy atom. The van der Waals surface area contributed by atoms with Crippen LogP contribution in [0.25, 0.3) is 0 Å². The Kier molecular flexibility index (Phi) is 2.78. The van der Waals surface area contributed by atoms with Crippen molar-refractivity contribution in [3.8, 4) is 0 Å². The fraction of sp³-hybridized carbons (Fsp3) is 1.00. The number of halogens is 3. The maximum atomic E-state index is 12.9. The summed E-state index contributed by atoms with van der Waals surface area (Å²) in [7, 11) is 0. The van der Waals surface area contributed by atoms with Crippen LogP contribution in [-0.4, -0.2) is 15.5 Å². The smallest absolute Gasteiger partial charge is 0.329 e. The van der Waals surface area contributed by atoms with Gasteiger partial charge in [0.05, 0.1) is 0 Å². The summed E-state index contributed by atoms with van der Waals surface area (Å²) in [6.07, 6.45) is 2.20. The second-order valence-electron chi connectivity index (χ2n) is 3.42. The summed E-state index contributed by atoms with van der Waals surface area (Å²) < 4.78 is 25.8. The third-order valence-electron chi connectivity index (χ3n) is 2.77. The molecule has 1 fully saturated rings. The van der Waals surface area contributed by atoms with Gasteiger partial charge in [0, 0.05) is 0 Å². The lowest BCUT2D eigenvalue weighted by Gasteiger charge is -2.33. The minimum atomic E-state index is -3.14. The molecule has 4 heteroatoms. The molecule has 1 N–H and O–H groups in total. The van der Waals surface area contributed by atoms with Crippen molar-refractivity contribution in [2.45, 2.75) is 43.0 Å². The van der Waals surface area contributed by atoms with Crippen molar-refractivity contribution in [2.75, 3.05) is 0 Å². The van der Waals surface area contributed by atoms with Crippen LogP contribution < -0.4 is 0 Å². The normalized spacial score (nSPS) is 37.2. The van der Waals surface area contributed by atoms with E-state index in [0.29, 0.717) is 19.3 Å². The average molecular weight is 243 g/mol. The number of hydrogen-bond donors (Lipinski definition) is 1. The fourth-order valence-electron chi connectivity index (χ4n) is 1.98. The maximum Gasteiger partial charge on any atom is 0.329 e. The third-order valence-corrected chi connectivity index (χ3v) is 3.46. The summed E-state index contributed by atoms with van der Waals surface area (Å²) in [6, 6.07) is 0. The molecule has 1 nitrogen and oxygen atoms in total. The third kappa shape index (κ3) is 1.51. The van der Waals surface area contributed by atoms with Crippen LogP contribution in [0.15, 0.2) is 0 Å². The van der Waals surface area contributed by atoms with E-state index in [1.807, 2.05) is 6.92 Å². The van der Waals surface area contributed by atoms with Crippen molar-refractivity contribution < 1.29 is 13.9 Å². The molecule has 0 aromatic heterocycles. The van der Waals surface area contributed by atoms with Gasteiger partial charge < -0.3 is 5.11 Å². The molecule has 0 aromatic rings. The highest BCUT2D eigenvalue weighted by Crippen LogP contribution is 2.49. The molecule has 0 heterocycles. The van der Waals surface area contributed by atoms with E-state index in [-0.39, 0.29) is 12.3 Å². The molecule has 1 saturated carbocycles. The van der Waals surface area contributed by atoms with E-state index < -0.39 is 10.4 Å². The van der Waals surface area contributed by atoms with E-state index >= 15 is 0 Å². The van der Waals surface area contributed by atoms with Crippen LogP contribution in [0.3, 0.4) is 0 Å². The minimum absolute atomic E-state index is 0.198. The van der Waals surface area contributed by atoms with Crippen LogP contribution in [-0.2, 0) is 0 Å². The standard InChI is InChI=1S/C8H13BrF2O/c1-2-6-4-3-5-7(6,12)8(9,10)11/h6,12H,2-5H2,1H3. The van der Waals surface area contributed by atoms with Crippen molar-refractivity contribution in [1.82, 2.24) is 0 Å². The first-order chi connectivity index (χ1) is 5.42. The molecule has 1 aliphatic carbocycles. The highest BCUT2D eigenvalue weighted by atomic mass is 79.9. The van der Waals surface area contributed by atoms with Crippen LogP contribution >= 0.6 is 15.9 Å². The highest BCUT2D eigenvalue weighted by Gasteiger charge is 2.56. The van der Waals surface area contributed by atoms with Crippen LogP contribution in [0.5, 0.6) is 0 Å². The van der Waals surface area contributed by atoms with Gasteiger partial charge in [-0.15, -0.1) is 0 Å². The average Bonchev–Trinajstić information content (AvgIpc) is 2.30.